The minimum absolute atomic E-state index is 0.287. The quantitative estimate of drug-likeness (QED) is 0.336. The van der Waals surface area contributed by atoms with Gasteiger partial charge in [0.15, 0.2) is 11.2 Å². The number of aromatic nitrogens is 7. The minimum Gasteiger partial charge on any atom is -0.383 e. The van der Waals surface area contributed by atoms with Crippen molar-refractivity contribution in [2.75, 3.05) is 19.0 Å². The number of rotatable bonds is 8. The van der Waals surface area contributed by atoms with Crippen molar-refractivity contribution in [1.82, 2.24) is 34.7 Å². The van der Waals surface area contributed by atoms with Gasteiger partial charge in [-0.3, -0.25) is 4.68 Å². The van der Waals surface area contributed by atoms with Crippen LogP contribution in [0.1, 0.15) is 19.3 Å². The minimum atomic E-state index is 0.287. The van der Waals surface area contributed by atoms with Crippen LogP contribution in [0.5, 0.6) is 0 Å². The SMILES string of the molecule is COCCn1cc(-c2ccc(-n3nnc4cnc(N[C@@H]5CC[C@@H](OI)C5)nc43)cc2)cn1. The Morgan fingerprint density at radius 3 is 2.81 bits per heavy atom. The van der Waals surface area contributed by atoms with Gasteiger partial charge >= 0.3 is 0 Å². The Hall–Kier alpha value is -2.64. The van der Waals surface area contributed by atoms with Gasteiger partial charge in [0.25, 0.3) is 0 Å². The molecule has 0 saturated heterocycles. The maximum Gasteiger partial charge on any atom is 0.225 e. The van der Waals surface area contributed by atoms with Crippen molar-refractivity contribution < 1.29 is 7.80 Å². The van der Waals surface area contributed by atoms with E-state index in [0.717, 1.165) is 42.6 Å². The molecule has 0 radical (unpaired) electrons. The molecule has 5 rings (SSSR count). The molecule has 3 aromatic heterocycles. The lowest BCUT2D eigenvalue weighted by Gasteiger charge is -2.12. The van der Waals surface area contributed by atoms with Crippen LogP contribution < -0.4 is 5.32 Å². The summed E-state index contributed by atoms with van der Waals surface area (Å²) < 4.78 is 14.2. The highest BCUT2D eigenvalue weighted by molar-refractivity contribution is 14.1. The Kier molecular flexibility index (Phi) is 6.28. The van der Waals surface area contributed by atoms with Crippen LogP contribution in [0.3, 0.4) is 0 Å². The first kappa shape index (κ1) is 21.2. The number of anilines is 1. The molecule has 1 saturated carbocycles. The third-order valence-electron chi connectivity index (χ3n) is 5.64. The number of hydrogen-bond acceptors (Lipinski definition) is 8. The predicted molar refractivity (Wildman–Crippen MR) is 128 cm³/mol. The summed E-state index contributed by atoms with van der Waals surface area (Å²) in [5.41, 5.74) is 4.33. The molecular weight excluding hydrogens is 523 g/mol. The zero-order chi connectivity index (χ0) is 21.9. The van der Waals surface area contributed by atoms with Crippen molar-refractivity contribution in [1.29, 1.82) is 0 Å². The second-order valence-corrected chi connectivity index (χ2v) is 8.31. The van der Waals surface area contributed by atoms with E-state index in [4.69, 9.17) is 7.80 Å². The van der Waals surface area contributed by atoms with Gasteiger partial charge in [-0.05, 0) is 37.0 Å². The Balaban J connectivity index is 1.35. The molecule has 11 heteroatoms. The van der Waals surface area contributed by atoms with Gasteiger partial charge in [-0.1, -0.05) is 17.3 Å². The molecule has 1 aliphatic carbocycles. The van der Waals surface area contributed by atoms with E-state index in [2.05, 4.69) is 30.7 Å². The molecule has 3 heterocycles. The Labute approximate surface area is 199 Å². The lowest BCUT2D eigenvalue weighted by atomic mass is 10.1. The molecule has 0 spiro atoms. The number of hydrogen-bond donors (Lipinski definition) is 1. The van der Waals surface area contributed by atoms with Gasteiger partial charge < -0.3 is 13.1 Å². The van der Waals surface area contributed by atoms with Crippen LogP contribution in [0, 0.1) is 0 Å². The molecule has 0 unspecified atom stereocenters. The van der Waals surface area contributed by atoms with Crippen LogP contribution in [0.2, 0.25) is 0 Å². The van der Waals surface area contributed by atoms with Crippen LogP contribution in [0.15, 0.2) is 42.9 Å². The smallest absolute Gasteiger partial charge is 0.225 e. The topological polar surface area (TPSA) is 105 Å². The summed E-state index contributed by atoms with van der Waals surface area (Å²) in [7, 11) is 1.69. The average molecular weight is 546 g/mol. The van der Waals surface area contributed by atoms with E-state index in [9.17, 15) is 0 Å². The molecule has 0 amide bonds. The number of nitrogens with one attached hydrogen (secondary N) is 1. The summed E-state index contributed by atoms with van der Waals surface area (Å²) in [6.45, 7) is 1.35. The molecule has 166 valence electrons. The fourth-order valence-electron chi connectivity index (χ4n) is 3.92. The predicted octanol–water partition coefficient (Wildman–Crippen LogP) is 3.42. The van der Waals surface area contributed by atoms with E-state index >= 15 is 0 Å². The van der Waals surface area contributed by atoms with Gasteiger partial charge in [0.05, 0.1) is 37.3 Å². The molecule has 32 heavy (non-hydrogen) atoms. The van der Waals surface area contributed by atoms with E-state index in [1.54, 1.807) is 18.0 Å². The Morgan fingerprint density at radius 1 is 1.16 bits per heavy atom. The van der Waals surface area contributed by atoms with Gasteiger partial charge in [0.2, 0.25) is 5.95 Å². The van der Waals surface area contributed by atoms with Gasteiger partial charge in [-0.2, -0.15) is 14.8 Å². The summed E-state index contributed by atoms with van der Waals surface area (Å²) in [5, 5.41) is 16.3. The first-order valence-electron chi connectivity index (χ1n) is 10.5. The third kappa shape index (κ3) is 4.45. The number of benzene rings is 1. The summed E-state index contributed by atoms with van der Waals surface area (Å²) in [6.07, 6.45) is 8.90. The first-order chi connectivity index (χ1) is 15.7. The molecule has 1 aliphatic rings. The van der Waals surface area contributed by atoms with Crippen molar-refractivity contribution >= 4 is 40.1 Å². The molecule has 0 bridgehead atoms. The molecule has 1 aromatic carbocycles. The molecule has 2 atom stereocenters. The molecular formula is C21H23IN8O2. The largest absolute Gasteiger partial charge is 0.383 e. The maximum atomic E-state index is 5.43. The van der Waals surface area contributed by atoms with E-state index < -0.39 is 0 Å². The zero-order valence-electron chi connectivity index (χ0n) is 17.6. The Bertz CT molecular complexity index is 1190. The fourth-order valence-corrected chi connectivity index (χ4v) is 4.38. The highest BCUT2D eigenvalue weighted by Crippen LogP contribution is 2.26. The normalized spacial score (nSPS) is 18.4. The van der Waals surface area contributed by atoms with E-state index in [1.807, 2.05) is 64.3 Å². The monoisotopic (exact) mass is 546 g/mol. The molecule has 0 aliphatic heterocycles. The highest BCUT2D eigenvalue weighted by Gasteiger charge is 2.25. The van der Waals surface area contributed by atoms with Gasteiger partial charge in [0.1, 0.15) is 23.0 Å². The third-order valence-corrected chi connectivity index (χ3v) is 6.36. The van der Waals surface area contributed by atoms with Crippen molar-refractivity contribution in [3.05, 3.63) is 42.9 Å². The van der Waals surface area contributed by atoms with Gasteiger partial charge in [-0.15, -0.1) is 5.10 Å². The van der Waals surface area contributed by atoms with E-state index in [-0.39, 0.29) is 6.10 Å². The van der Waals surface area contributed by atoms with Crippen LogP contribution in [0.25, 0.3) is 28.0 Å². The molecule has 4 aromatic rings. The lowest BCUT2D eigenvalue weighted by molar-refractivity contribution is 0.183. The van der Waals surface area contributed by atoms with Crippen molar-refractivity contribution in [2.24, 2.45) is 0 Å². The average Bonchev–Trinajstić information content (AvgIpc) is 3.57. The number of methoxy groups -OCH3 is 1. The zero-order valence-corrected chi connectivity index (χ0v) is 19.7. The van der Waals surface area contributed by atoms with Crippen LogP contribution in [0.4, 0.5) is 5.95 Å². The number of nitrogens with zero attached hydrogens (tertiary/aromatic N) is 7. The van der Waals surface area contributed by atoms with Gasteiger partial charge in [-0.25, -0.2) is 4.98 Å². The van der Waals surface area contributed by atoms with Gasteiger partial charge in [0, 0.05) is 24.9 Å². The molecule has 1 fully saturated rings. The number of fused-ring (bicyclic) bond motifs is 1. The maximum absolute atomic E-state index is 5.43. The number of ether oxygens (including phenoxy) is 1. The summed E-state index contributed by atoms with van der Waals surface area (Å²) in [6, 6.07) is 8.41. The Morgan fingerprint density at radius 2 is 2.03 bits per heavy atom. The molecule has 10 nitrogen and oxygen atoms in total. The van der Waals surface area contributed by atoms with Crippen molar-refractivity contribution in [3.63, 3.8) is 0 Å². The van der Waals surface area contributed by atoms with Crippen molar-refractivity contribution in [3.8, 4) is 16.8 Å². The highest BCUT2D eigenvalue weighted by atomic mass is 127. The summed E-state index contributed by atoms with van der Waals surface area (Å²) in [5.74, 6) is 0.584. The number of halogens is 1. The van der Waals surface area contributed by atoms with E-state index in [1.165, 1.54) is 0 Å². The van der Waals surface area contributed by atoms with Crippen LogP contribution in [-0.4, -0.2) is 60.6 Å². The first-order valence-corrected chi connectivity index (χ1v) is 11.4. The second kappa shape index (κ2) is 9.46. The van der Waals surface area contributed by atoms with E-state index in [0.29, 0.717) is 29.8 Å². The second-order valence-electron chi connectivity index (χ2n) is 7.80. The molecule has 1 N–H and O–H groups in total. The fraction of sp³-hybridized carbons (Fsp3) is 0.381. The summed E-state index contributed by atoms with van der Waals surface area (Å²) >= 11 is 1.98. The summed E-state index contributed by atoms with van der Waals surface area (Å²) in [4.78, 5) is 9.09. The van der Waals surface area contributed by atoms with Crippen molar-refractivity contribution in [2.45, 2.75) is 38.0 Å². The van der Waals surface area contributed by atoms with Crippen LogP contribution in [-0.2, 0) is 14.3 Å². The van der Waals surface area contributed by atoms with Crippen LogP contribution >= 0.6 is 23.0 Å². The standard InChI is InChI=1S/C21H23IN8O2/c1-31-9-8-29-13-15(11-24-29)14-2-5-17(6-3-14)30-20-19(27-28-30)12-23-21(26-20)25-16-4-7-18(10-16)32-22/h2-3,5-6,11-13,16,18H,4,7-10H2,1H3,(H,23,25,26)/t16-,18-/m1/s1. The lowest BCUT2D eigenvalue weighted by Crippen LogP contribution is -2.18.